The van der Waals surface area contributed by atoms with Crippen LogP contribution in [0.2, 0.25) is 0 Å². The number of pyridine rings is 1. The fourth-order valence-corrected chi connectivity index (χ4v) is 1.42. The van der Waals surface area contributed by atoms with E-state index in [2.05, 4.69) is 15.0 Å². The average Bonchev–Trinajstić information content (AvgIpc) is 2.40. The molecule has 0 fully saturated rings. The highest BCUT2D eigenvalue weighted by atomic mass is 19.2. The summed E-state index contributed by atoms with van der Waals surface area (Å²) in [6, 6.07) is 3.73. The Balaban J connectivity index is 2.26. The summed E-state index contributed by atoms with van der Waals surface area (Å²) in [7, 11) is 0. The molecule has 0 aliphatic carbocycles. The Bertz CT molecular complexity index is 485. The van der Waals surface area contributed by atoms with Gasteiger partial charge in [0.2, 0.25) is 0 Å². The van der Waals surface area contributed by atoms with E-state index < -0.39 is 0 Å². The maximum Gasteiger partial charge on any atom is 0.144 e. The van der Waals surface area contributed by atoms with E-state index in [9.17, 15) is 4.48 Å². The van der Waals surface area contributed by atoms with Crippen LogP contribution in [-0.4, -0.2) is 15.0 Å². The monoisotopic (exact) mass is 233 g/mol. The Kier molecular flexibility index (Phi) is 3.69. The molecule has 2 aromatic rings. The Morgan fingerprint density at radius 2 is 1.94 bits per heavy atom. The van der Waals surface area contributed by atoms with Crippen molar-refractivity contribution in [2.45, 2.75) is 13.1 Å². The molecule has 0 unspecified atom stereocenters. The second-order valence-corrected chi connectivity index (χ2v) is 3.44. The fourth-order valence-electron chi connectivity index (χ4n) is 1.42. The number of aromatic nitrogens is 3. The lowest BCUT2D eigenvalue weighted by Gasteiger charge is -2.03. The Hall–Kier alpha value is -1.92. The molecule has 0 saturated carbocycles. The zero-order valence-electron chi connectivity index (χ0n) is 9.10. The summed E-state index contributed by atoms with van der Waals surface area (Å²) in [5, 5.41) is 0. The summed E-state index contributed by atoms with van der Waals surface area (Å²) >= 11 is 0. The van der Waals surface area contributed by atoms with E-state index in [1.165, 1.54) is 5.54 Å². The summed E-state index contributed by atoms with van der Waals surface area (Å²) < 4.78 is 11.8. The van der Waals surface area contributed by atoms with E-state index >= 15 is 0 Å². The average molecular weight is 233 g/mol. The summed E-state index contributed by atoms with van der Waals surface area (Å²) in [5.41, 5.74) is 9.63. The third-order valence-electron chi connectivity index (χ3n) is 2.29. The van der Waals surface area contributed by atoms with Gasteiger partial charge in [0.05, 0.1) is 12.2 Å². The highest BCUT2D eigenvalue weighted by Gasteiger charge is 2.01. The van der Waals surface area contributed by atoms with Gasteiger partial charge < -0.3 is 5.73 Å². The molecule has 0 aliphatic rings. The number of nitrogens with two attached hydrogens (primary N) is 1. The van der Waals surface area contributed by atoms with Gasteiger partial charge in [-0.1, -0.05) is 0 Å². The first-order valence-electron chi connectivity index (χ1n) is 5.13. The topological polar surface area (TPSA) is 76.7 Å². The first-order valence-corrected chi connectivity index (χ1v) is 5.13. The van der Waals surface area contributed by atoms with E-state index in [-0.39, 0.29) is 6.54 Å². The van der Waals surface area contributed by atoms with Gasteiger partial charge in [-0.25, -0.2) is 9.97 Å². The number of nitrogens with zero attached hydrogens (tertiary/aromatic N) is 3. The third kappa shape index (κ3) is 2.80. The molecule has 0 aliphatic heterocycles. The van der Waals surface area contributed by atoms with E-state index in [0.29, 0.717) is 12.4 Å². The van der Waals surface area contributed by atoms with Crippen molar-refractivity contribution in [3.05, 3.63) is 42.2 Å². The molecule has 2 aromatic heterocycles. The Morgan fingerprint density at radius 3 is 2.59 bits per heavy atom. The fraction of sp³-hybridized carbons (Fsp3) is 0.182. The van der Waals surface area contributed by atoms with Gasteiger partial charge in [0.1, 0.15) is 5.82 Å². The lowest BCUT2D eigenvalue weighted by molar-refractivity contribution is 0.324. The molecule has 17 heavy (non-hydrogen) atoms. The van der Waals surface area contributed by atoms with Crippen LogP contribution < -0.4 is 11.3 Å². The van der Waals surface area contributed by atoms with Crippen LogP contribution in [0.5, 0.6) is 0 Å². The van der Waals surface area contributed by atoms with Crippen LogP contribution in [0.1, 0.15) is 11.5 Å². The molecule has 0 atom stereocenters. The zero-order chi connectivity index (χ0) is 12.1. The molecule has 5 nitrogen and oxygen atoms in total. The molecule has 6 heteroatoms. The molecule has 0 radical (unpaired) electrons. The maximum atomic E-state index is 11.8. The molecule has 2 rings (SSSR count). The van der Waals surface area contributed by atoms with Gasteiger partial charge in [0, 0.05) is 30.7 Å². The van der Waals surface area contributed by atoms with Gasteiger partial charge >= 0.3 is 0 Å². The van der Waals surface area contributed by atoms with Gasteiger partial charge in [-0.15, -0.1) is 4.48 Å². The molecule has 0 amide bonds. The molecule has 0 aromatic carbocycles. The summed E-state index contributed by atoms with van der Waals surface area (Å²) in [6.07, 6.45) is 4.99. The van der Waals surface area contributed by atoms with Gasteiger partial charge in [-0.3, -0.25) is 4.98 Å². The van der Waals surface area contributed by atoms with Gasteiger partial charge in [-0.05, 0) is 17.7 Å². The van der Waals surface area contributed by atoms with Crippen LogP contribution in [0.4, 0.5) is 4.48 Å². The van der Waals surface area contributed by atoms with E-state index in [0.717, 1.165) is 16.8 Å². The van der Waals surface area contributed by atoms with E-state index in [4.69, 9.17) is 5.73 Å². The quantitative estimate of drug-likeness (QED) is 0.769. The van der Waals surface area contributed by atoms with Gasteiger partial charge in [0.15, 0.2) is 0 Å². The SMILES string of the molecule is NCc1cc(-c2cnc(CNF)nc2)ccn1. The minimum atomic E-state index is 0.00464. The smallest absolute Gasteiger partial charge is 0.144 e. The first-order chi connectivity index (χ1) is 8.33. The van der Waals surface area contributed by atoms with Crippen LogP contribution in [0, 0.1) is 0 Å². The zero-order valence-corrected chi connectivity index (χ0v) is 9.10. The number of nitrogens with one attached hydrogen (secondary N) is 1. The summed E-state index contributed by atoms with van der Waals surface area (Å²) in [5.74, 6) is 0.407. The minimum Gasteiger partial charge on any atom is -0.325 e. The van der Waals surface area contributed by atoms with Crippen molar-refractivity contribution in [2.24, 2.45) is 5.73 Å². The predicted molar refractivity (Wildman–Crippen MR) is 61.1 cm³/mol. The summed E-state index contributed by atoms with van der Waals surface area (Å²) in [4.78, 5) is 12.2. The normalized spacial score (nSPS) is 10.5. The van der Waals surface area contributed by atoms with E-state index in [1.807, 2.05) is 12.1 Å². The second-order valence-electron chi connectivity index (χ2n) is 3.44. The van der Waals surface area contributed by atoms with Crippen LogP contribution in [0.3, 0.4) is 0 Å². The highest BCUT2D eigenvalue weighted by molar-refractivity contribution is 5.61. The lowest BCUT2D eigenvalue weighted by atomic mass is 10.1. The first kappa shape index (κ1) is 11.6. The van der Waals surface area contributed by atoms with Crippen molar-refractivity contribution in [2.75, 3.05) is 0 Å². The number of halogens is 1. The number of hydrogen-bond acceptors (Lipinski definition) is 5. The third-order valence-corrected chi connectivity index (χ3v) is 2.29. The van der Waals surface area contributed by atoms with Gasteiger partial charge in [0.25, 0.3) is 0 Å². The van der Waals surface area contributed by atoms with Crippen molar-refractivity contribution in [3.8, 4) is 11.1 Å². The maximum absolute atomic E-state index is 11.8. The van der Waals surface area contributed by atoms with Crippen molar-refractivity contribution in [1.82, 2.24) is 20.5 Å². The standard InChI is InChI=1S/C11H12FN5/c12-17-7-11-15-5-9(6-16-11)8-1-2-14-10(3-8)4-13/h1-3,5-6,17H,4,7,13H2. The van der Waals surface area contributed by atoms with Gasteiger partial charge in [-0.2, -0.15) is 5.54 Å². The molecule has 0 bridgehead atoms. The molecule has 0 saturated heterocycles. The largest absolute Gasteiger partial charge is 0.325 e. The second kappa shape index (κ2) is 5.42. The molecule has 3 N–H and O–H groups in total. The van der Waals surface area contributed by atoms with E-state index in [1.54, 1.807) is 18.6 Å². The molecule has 0 spiro atoms. The molecular weight excluding hydrogens is 221 g/mol. The molecular formula is C11H12FN5. The van der Waals surface area contributed by atoms with Crippen LogP contribution in [0.25, 0.3) is 11.1 Å². The van der Waals surface area contributed by atoms with Crippen LogP contribution in [0.15, 0.2) is 30.7 Å². The van der Waals surface area contributed by atoms with Crippen LogP contribution >= 0.6 is 0 Å². The van der Waals surface area contributed by atoms with Crippen molar-refractivity contribution < 1.29 is 4.48 Å². The van der Waals surface area contributed by atoms with Crippen molar-refractivity contribution >= 4 is 0 Å². The number of hydrogen-bond donors (Lipinski definition) is 2. The van der Waals surface area contributed by atoms with Crippen LogP contribution in [-0.2, 0) is 13.1 Å². The minimum absolute atomic E-state index is 0.00464. The Morgan fingerprint density at radius 1 is 1.18 bits per heavy atom. The Labute approximate surface area is 97.9 Å². The number of rotatable bonds is 4. The lowest BCUT2D eigenvalue weighted by Crippen LogP contribution is -2.04. The van der Waals surface area contributed by atoms with Crippen molar-refractivity contribution in [1.29, 1.82) is 0 Å². The predicted octanol–water partition coefficient (Wildman–Crippen LogP) is 0.971. The highest BCUT2D eigenvalue weighted by Crippen LogP contribution is 2.17. The van der Waals surface area contributed by atoms with Crippen molar-refractivity contribution in [3.63, 3.8) is 0 Å². The molecule has 2 heterocycles. The summed E-state index contributed by atoms with van der Waals surface area (Å²) in [6.45, 7) is 0.392. The molecule has 88 valence electrons.